The molecule has 0 spiro atoms. The number of hydrogen-bond acceptors (Lipinski definition) is 5. The van der Waals surface area contributed by atoms with Crippen molar-refractivity contribution in [3.05, 3.63) is 65.4 Å². The second-order valence-corrected chi connectivity index (χ2v) is 11.7. The molecule has 0 aromatic heterocycles. The van der Waals surface area contributed by atoms with Crippen LogP contribution in [0.2, 0.25) is 5.02 Å². The lowest BCUT2D eigenvalue weighted by atomic mass is 9.96. The van der Waals surface area contributed by atoms with Crippen molar-refractivity contribution in [3.8, 4) is 28.0 Å². The van der Waals surface area contributed by atoms with Gasteiger partial charge in [0.15, 0.2) is 0 Å². The molecule has 3 aromatic rings. The topological polar surface area (TPSA) is 50.3 Å². The van der Waals surface area contributed by atoms with E-state index in [9.17, 15) is 14.3 Å². The molecule has 3 aromatic carbocycles. The SMILES string of the molecule is CN(C)CCN(C=O)c1ccc(-c2cc(F)cc(-c3cccc(N4CCN(C(C)(C)C)CC4)c3)c2O)cc1Cl. The monoisotopic (exact) mass is 552 g/mol. The smallest absolute Gasteiger partial charge is 0.214 e. The quantitative estimate of drug-likeness (QED) is 0.349. The van der Waals surface area contributed by atoms with E-state index < -0.39 is 5.82 Å². The van der Waals surface area contributed by atoms with Gasteiger partial charge in [-0.05, 0) is 82.4 Å². The third-order valence-electron chi connectivity index (χ3n) is 7.31. The summed E-state index contributed by atoms with van der Waals surface area (Å²) in [5.74, 6) is -0.475. The average molecular weight is 553 g/mol. The predicted molar refractivity (Wildman–Crippen MR) is 159 cm³/mol. The van der Waals surface area contributed by atoms with Crippen LogP contribution in [-0.4, -0.2) is 80.2 Å². The molecule has 1 heterocycles. The number of hydrogen-bond donors (Lipinski definition) is 1. The molecule has 0 atom stereocenters. The van der Waals surface area contributed by atoms with Crippen molar-refractivity contribution < 1.29 is 14.3 Å². The van der Waals surface area contributed by atoms with Gasteiger partial charge in [0.2, 0.25) is 6.41 Å². The summed E-state index contributed by atoms with van der Waals surface area (Å²) in [5, 5.41) is 11.7. The van der Waals surface area contributed by atoms with Crippen molar-refractivity contribution in [2.45, 2.75) is 26.3 Å². The van der Waals surface area contributed by atoms with Crippen molar-refractivity contribution in [3.63, 3.8) is 0 Å². The Bertz CT molecular complexity index is 1320. The molecule has 1 aliphatic rings. The maximum Gasteiger partial charge on any atom is 0.214 e. The first-order chi connectivity index (χ1) is 18.5. The molecule has 1 N–H and O–H groups in total. The number of phenolic OH excluding ortho intramolecular Hbond substituents is 1. The van der Waals surface area contributed by atoms with E-state index >= 15 is 0 Å². The first-order valence-electron chi connectivity index (χ1n) is 13.3. The highest BCUT2D eigenvalue weighted by Crippen LogP contribution is 2.41. The van der Waals surface area contributed by atoms with Crippen molar-refractivity contribution >= 4 is 29.4 Å². The summed E-state index contributed by atoms with van der Waals surface area (Å²) in [7, 11) is 3.86. The highest BCUT2D eigenvalue weighted by Gasteiger charge is 2.26. The average Bonchev–Trinajstić information content (AvgIpc) is 2.90. The molecule has 1 fully saturated rings. The first kappa shape index (κ1) is 28.9. The van der Waals surface area contributed by atoms with Crippen LogP contribution in [0.4, 0.5) is 15.8 Å². The van der Waals surface area contributed by atoms with E-state index in [0.717, 1.165) is 43.8 Å². The Balaban J connectivity index is 1.62. The minimum atomic E-state index is -0.456. The van der Waals surface area contributed by atoms with E-state index in [0.29, 0.717) is 40.5 Å². The van der Waals surface area contributed by atoms with E-state index in [-0.39, 0.29) is 11.3 Å². The fourth-order valence-corrected chi connectivity index (χ4v) is 5.28. The van der Waals surface area contributed by atoms with Crippen LogP contribution in [0, 0.1) is 5.82 Å². The third-order valence-corrected chi connectivity index (χ3v) is 7.61. The second-order valence-electron chi connectivity index (χ2n) is 11.3. The van der Waals surface area contributed by atoms with Crippen molar-refractivity contribution in [1.82, 2.24) is 9.80 Å². The molecule has 0 saturated carbocycles. The Hall–Kier alpha value is -3.13. The number of piperazine rings is 1. The molecule has 4 rings (SSSR count). The summed E-state index contributed by atoms with van der Waals surface area (Å²) in [6.07, 6.45) is 0.748. The van der Waals surface area contributed by atoms with E-state index in [1.54, 1.807) is 18.2 Å². The number of anilines is 2. The molecular weight excluding hydrogens is 515 g/mol. The molecule has 6 nitrogen and oxygen atoms in total. The molecular formula is C31H38ClFN4O2. The standard InChI is InChI=1S/C31H38ClFN4O2/c1-31(2,3)37-15-13-35(14-16-37)25-8-6-7-22(17-25)26-19-24(33)20-27(30(26)39)23-9-10-29(28(32)18-23)36(21-38)12-11-34(4)5/h6-10,17-21,39H,11-16H2,1-5H3. The van der Waals surface area contributed by atoms with Crippen molar-refractivity contribution in [2.24, 2.45) is 0 Å². The lowest BCUT2D eigenvalue weighted by Gasteiger charge is -2.43. The maximum atomic E-state index is 14.9. The van der Waals surface area contributed by atoms with Crippen LogP contribution in [-0.2, 0) is 4.79 Å². The molecule has 0 radical (unpaired) electrons. The Morgan fingerprint density at radius 3 is 2.15 bits per heavy atom. The molecule has 39 heavy (non-hydrogen) atoms. The number of likely N-dealkylation sites (N-methyl/N-ethyl adjacent to an activating group) is 1. The van der Waals surface area contributed by atoms with Gasteiger partial charge in [-0.15, -0.1) is 0 Å². The van der Waals surface area contributed by atoms with Crippen LogP contribution in [0.25, 0.3) is 22.3 Å². The number of carbonyl (C=O) groups is 1. The van der Waals surface area contributed by atoms with Gasteiger partial charge in [-0.3, -0.25) is 9.69 Å². The fourth-order valence-electron chi connectivity index (χ4n) is 4.99. The van der Waals surface area contributed by atoms with Gasteiger partial charge in [0.1, 0.15) is 11.6 Å². The maximum absolute atomic E-state index is 14.9. The van der Waals surface area contributed by atoms with Crippen LogP contribution in [0.1, 0.15) is 20.8 Å². The zero-order chi connectivity index (χ0) is 28.3. The zero-order valence-corrected chi connectivity index (χ0v) is 24.2. The van der Waals surface area contributed by atoms with Crippen LogP contribution in [0.5, 0.6) is 5.75 Å². The predicted octanol–water partition coefficient (Wildman–Crippen LogP) is 5.96. The number of amides is 1. The summed E-state index contributed by atoms with van der Waals surface area (Å²) < 4.78 is 14.9. The highest BCUT2D eigenvalue weighted by molar-refractivity contribution is 6.34. The van der Waals surface area contributed by atoms with Gasteiger partial charge in [-0.1, -0.05) is 29.8 Å². The molecule has 0 aliphatic carbocycles. The Morgan fingerprint density at radius 1 is 0.949 bits per heavy atom. The summed E-state index contributed by atoms with van der Waals surface area (Å²) in [6, 6.07) is 15.7. The van der Waals surface area contributed by atoms with Gasteiger partial charge < -0.3 is 19.8 Å². The third kappa shape index (κ3) is 6.72. The summed E-state index contributed by atoms with van der Waals surface area (Å²) in [5.41, 5.74) is 3.81. The lowest BCUT2D eigenvalue weighted by molar-refractivity contribution is -0.107. The first-order valence-corrected chi connectivity index (χ1v) is 13.7. The largest absolute Gasteiger partial charge is 0.507 e. The molecule has 1 aliphatic heterocycles. The van der Waals surface area contributed by atoms with Crippen LogP contribution < -0.4 is 9.80 Å². The van der Waals surface area contributed by atoms with E-state index in [2.05, 4.69) is 36.6 Å². The normalized spacial score (nSPS) is 14.6. The molecule has 8 heteroatoms. The van der Waals surface area contributed by atoms with Crippen molar-refractivity contribution in [1.29, 1.82) is 0 Å². The minimum Gasteiger partial charge on any atom is -0.507 e. The number of phenols is 1. The number of rotatable bonds is 8. The zero-order valence-electron chi connectivity index (χ0n) is 23.4. The minimum absolute atomic E-state index is 0.0187. The van der Waals surface area contributed by atoms with Gasteiger partial charge >= 0.3 is 0 Å². The Morgan fingerprint density at radius 2 is 1.59 bits per heavy atom. The molecule has 0 bridgehead atoms. The van der Waals surface area contributed by atoms with Gasteiger partial charge in [0.25, 0.3) is 0 Å². The van der Waals surface area contributed by atoms with Crippen molar-refractivity contribution in [2.75, 3.05) is 63.2 Å². The van der Waals surface area contributed by atoms with Gasteiger partial charge in [0.05, 0.1) is 10.7 Å². The summed E-state index contributed by atoms with van der Waals surface area (Å²) in [4.78, 5) is 20.0. The number of benzene rings is 3. The number of nitrogens with zero attached hydrogens (tertiary/aromatic N) is 4. The number of halogens is 2. The van der Waals surface area contributed by atoms with Gasteiger partial charge in [0, 0.05) is 61.6 Å². The van der Waals surface area contributed by atoms with E-state index in [1.165, 1.54) is 17.0 Å². The summed E-state index contributed by atoms with van der Waals surface area (Å²) in [6.45, 7) is 11.6. The van der Waals surface area contributed by atoms with E-state index in [4.69, 9.17) is 11.6 Å². The number of carbonyl (C=O) groups excluding carboxylic acids is 1. The molecule has 0 unspecified atom stereocenters. The summed E-state index contributed by atoms with van der Waals surface area (Å²) >= 11 is 6.56. The second kappa shape index (κ2) is 11.9. The van der Waals surface area contributed by atoms with Crippen LogP contribution in [0.15, 0.2) is 54.6 Å². The molecule has 208 valence electrons. The highest BCUT2D eigenvalue weighted by atomic mass is 35.5. The van der Waals surface area contributed by atoms with Gasteiger partial charge in [-0.2, -0.15) is 0 Å². The number of aromatic hydroxyl groups is 1. The fraction of sp³-hybridized carbons (Fsp3) is 0.387. The molecule has 1 saturated heterocycles. The lowest BCUT2D eigenvalue weighted by Crippen LogP contribution is -2.53. The van der Waals surface area contributed by atoms with Crippen LogP contribution >= 0.6 is 11.6 Å². The Labute approximate surface area is 236 Å². The Kier molecular flexibility index (Phi) is 8.84. The van der Waals surface area contributed by atoms with Crippen LogP contribution in [0.3, 0.4) is 0 Å². The van der Waals surface area contributed by atoms with Gasteiger partial charge in [-0.25, -0.2) is 4.39 Å². The van der Waals surface area contributed by atoms with E-state index in [1.807, 2.05) is 37.2 Å². The molecule has 1 amide bonds.